The van der Waals surface area contributed by atoms with Crippen LogP contribution in [0.2, 0.25) is 0 Å². The fraction of sp³-hybridized carbons (Fsp3) is 0.941. The Morgan fingerprint density at radius 3 is 2.81 bits per heavy atom. The lowest BCUT2D eigenvalue weighted by Gasteiger charge is -2.36. The van der Waals surface area contributed by atoms with Gasteiger partial charge in [0.05, 0.1) is 6.61 Å². The average molecular weight is 294 g/mol. The van der Waals surface area contributed by atoms with Gasteiger partial charge in [0.2, 0.25) is 0 Å². The number of hydrogen-bond donors (Lipinski definition) is 1. The number of rotatable bonds is 5. The molecule has 3 atom stereocenters. The van der Waals surface area contributed by atoms with Crippen LogP contribution >= 0.6 is 0 Å². The first kappa shape index (κ1) is 15.3. The van der Waals surface area contributed by atoms with Crippen molar-refractivity contribution in [3.05, 3.63) is 0 Å². The summed E-state index contributed by atoms with van der Waals surface area (Å²) in [7, 11) is 0. The molecule has 120 valence electrons. The summed E-state index contributed by atoms with van der Waals surface area (Å²) in [4.78, 5) is 15.1. The molecule has 0 radical (unpaired) electrons. The van der Waals surface area contributed by atoms with Crippen molar-refractivity contribution in [3.8, 4) is 0 Å². The third-order valence-corrected chi connectivity index (χ3v) is 5.42. The lowest BCUT2D eigenvalue weighted by Crippen LogP contribution is -2.53. The van der Waals surface area contributed by atoms with Gasteiger partial charge < -0.3 is 9.64 Å². The molecule has 0 aromatic heterocycles. The van der Waals surface area contributed by atoms with E-state index in [0.717, 1.165) is 25.2 Å². The van der Waals surface area contributed by atoms with Gasteiger partial charge in [-0.1, -0.05) is 6.92 Å². The van der Waals surface area contributed by atoms with E-state index in [1.807, 2.05) is 6.92 Å². The molecule has 1 heterocycles. The Bertz CT molecular complexity index is 383. The number of likely N-dealkylation sites (tertiary alicyclic amines) is 1. The van der Waals surface area contributed by atoms with E-state index in [4.69, 9.17) is 4.74 Å². The van der Waals surface area contributed by atoms with E-state index in [0.29, 0.717) is 18.7 Å². The minimum atomic E-state index is -0.400. The van der Waals surface area contributed by atoms with Crippen molar-refractivity contribution in [2.75, 3.05) is 19.7 Å². The Morgan fingerprint density at radius 1 is 1.33 bits per heavy atom. The molecule has 3 unspecified atom stereocenters. The summed E-state index contributed by atoms with van der Waals surface area (Å²) in [6.07, 6.45) is 8.10. The largest absolute Gasteiger partial charge is 0.465 e. The van der Waals surface area contributed by atoms with E-state index in [-0.39, 0.29) is 5.97 Å². The molecule has 0 aromatic rings. The number of carbonyl (C=O) groups is 1. The molecule has 3 fully saturated rings. The predicted octanol–water partition coefficient (Wildman–Crippen LogP) is 2.32. The molecule has 2 aliphatic carbocycles. The van der Waals surface area contributed by atoms with Crippen LogP contribution in [-0.2, 0) is 9.53 Å². The zero-order valence-electron chi connectivity index (χ0n) is 13.6. The van der Waals surface area contributed by atoms with Crippen molar-refractivity contribution >= 4 is 5.97 Å². The topological polar surface area (TPSA) is 41.6 Å². The molecule has 3 aliphatic rings. The molecule has 21 heavy (non-hydrogen) atoms. The minimum Gasteiger partial charge on any atom is -0.465 e. The lowest BCUT2D eigenvalue weighted by atomic mass is 9.95. The number of esters is 1. The number of nitrogens with zero attached hydrogens (tertiary/aromatic N) is 1. The van der Waals surface area contributed by atoms with Gasteiger partial charge >= 0.3 is 5.97 Å². The average Bonchev–Trinajstić information content (AvgIpc) is 3.16. The second-order valence-electron chi connectivity index (χ2n) is 7.36. The Balaban J connectivity index is 1.66. The van der Waals surface area contributed by atoms with Crippen LogP contribution in [0.4, 0.5) is 0 Å². The normalized spacial score (nSPS) is 37.6. The highest BCUT2D eigenvalue weighted by Crippen LogP contribution is 2.38. The number of ether oxygens (including phenoxy) is 1. The van der Waals surface area contributed by atoms with Crippen LogP contribution in [0.15, 0.2) is 0 Å². The lowest BCUT2D eigenvalue weighted by molar-refractivity contribution is -0.151. The number of piperidine rings is 1. The van der Waals surface area contributed by atoms with Gasteiger partial charge in [-0.05, 0) is 64.3 Å². The maximum absolute atomic E-state index is 12.5. The highest BCUT2D eigenvalue weighted by molar-refractivity contribution is 5.81. The highest BCUT2D eigenvalue weighted by Gasteiger charge is 2.50. The first-order valence-electron chi connectivity index (χ1n) is 8.82. The van der Waals surface area contributed by atoms with Crippen LogP contribution in [0.5, 0.6) is 0 Å². The summed E-state index contributed by atoms with van der Waals surface area (Å²) in [5.74, 6) is 0.789. The van der Waals surface area contributed by atoms with Crippen LogP contribution in [0.3, 0.4) is 0 Å². The first-order valence-corrected chi connectivity index (χ1v) is 8.82. The minimum absolute atomic E-state index is 0.00976. The van der Waals surface area contributed by atoms with E-state index in [9.17, 15) is 4.79 Å². The summed E-state index contributed by atoms with van der Waals surface area (Å²) in [6.45, 7) is 7.15. The number of nitrogens with one attached hydrogen (secondary N) is 1. The Labute approximate surface area is 128 Å². The molecular formula is C17H30N2O2. The molecule has 0 aromatic carbocycles. The monoisotopic (exact) mass is 294 g/mol. The van der Waals surface area contributed by atoms with Gasteiger partial charge in [-0.15, -0.1) is 0 Å². The molecule has 0 amide bonds. The SMILES string of the molecule is CCOC(=O)C1(NC2CC2)CCC(N2CCCC(C)C2)C1. The summed E-state index contributed by atoms with van der Waals surface area (Å²) in [6, 6.07) is 1.11. The molecule has 1 aliphatic heterocycles. The summed E-state index contributed by atoms with van der Waals surface area (Å²) in [5.41, 5.74) is -0.400. The highest BCUT2D eigenvalue weighted by atomic mass is 16.5. The van der Waals surface area contributed by atoms with E-state index < -0.39 is 5.54 Å². The fourth-order valence-electron chi connectivity index (χ4n) is 4.15. The van der Waals surface area contributed by atoms with E-state index in [1.54, 1.807) is 0 Å². The van der Waals surface area contributed by atoms with Crippen molar-refractivity contribution < 1.29 is 9.53 Å². The molecule has 0 bridgehead atoms. The maximum atomic E-state index is 12.5. The van der Waals surface area contributed by atoms with Crippen molar-refractivity contribution in [2.45, 2.75) is 76.4 Å². The van der Waals surface area contributed by atoms with Crippen molar-refractivity contribution in [2.24, 2.45) is 5.92 Å². The van der Waals surface area contributed by atoms with Crippen LogP contribution in [0.25, 0.3) is 0 Å². The van der Waals surface area contributed by atoms with Crippen molar-refractivity contribution in [3.63, 3.8) is 0 Å². The Hall–Kier alpha value is -0.610. The van der Waals surface area contributed by atoms with Crippen LogP contribution in [0, 0.1) is 5.92 Å². The van der Waals surface area contributed by atoms with Gasteiger partial charge in [0.25, 0.3) is 0 Å². The molecule has 3 rings (SSSR count). The maximum Gasteiger partial charge on any atom is 0.326 e. The number of carbonyl (C=O) groups excluding carboxylic acids is 1. The van der Waals surface area contributed by atoms with Crippen LogP contribution in [-0.4, -0.2) is 48.2 Å². The van der Waals surface area contributed by atoms with Gasteiger partial charge in [0.1, 0.15) is 5.54 Å². The van der Waals surface area contributed by atoms with Crippen molar-refractivity contribution in [1.82, 2.24) is 10.2 Å². The zero-order chi connectivity index (χ0) is 14.9. The van der Waals surface area contributed by atoms with E-state index in [1.165, 1.54) is 38.8 Å². The summed E-state index contributed by atoms with van der Waals surface area (Å²) in [5, 5.41) is 3.63. The van der Waals surface area contributed by atoms with Gasteiger partial charge in [0.15, 0.2) is 0 Å². The number of hydrogen-bond acceptors (Lipinski definition) is 4. The molecule has 0 spiro atoms. The summed E-state index contributed by atoms with van der Waals surface area (Å²) < 4.78 is 5.39. The fourth-order valence-corrected chi connectivity index (χ4v) is 4.15. The second kappa shape index (κ2) is 6.25. The molecule has 2 saturated carbocycles. The Morgan fingerprint density at radius 2 is 2.14 bits per heavy atom. The van der Waals surface area contributed by atoms with Gasteiger partial charge in [-0.25, -0.2) is 0 Å². The quantitative estimate of drug-likeness (QED) is 0.790. The third kappa shape index (κ3) is 3.42. The first-order chi connectivity index (χ1) is 10.1. The van der Waals surface area contributed by atoms with Crippen LogP contribution in [0.1, 0.15) is 58.8 Å². The van der Waals surface area contributed by atoms with E-state index in [2.05, 4.69) is 17.1 Å². The van der Waals surface area contributed by atoms with Crippen molar-refractivity contribution in [1.29, 1.82) is 0 Å². The standard InChI is InChI=1S/C17H30N2O2/c1-3-21-16(20)17(18-14-6-7-14)9-8-15(11-17)19-10-4-5-13(2)12-19/h13-15,18H,3-12H2,1-2H3. The molecule has 1 saturated heterocycles. The molecule has 1 N–H and O–H groups in total. The van der Waals surface area contributed by atoms with Gasteiger partial charge in [-0.3, -0.25) is 10.1 Å². The molecular weight excluding hydrogens is 264 g/mol. The van der Waals surface area contributed by atoms with Gasteiger partial charge in [-0.2, -0.15) is 0 Å². The van der Waals surface area contributed by atoms with Crippen LogP contribution < -0.4 is 5.32 Å². The third-order valence-electron chi connectivity index (χ3n) is 5.42. The summed E-state index contributed by atoms with van der Waals surface area (Å²) >= 11 is 0. The van der Waals surface area contributed by atoms with E-state index >= 15 is 0 Å². The molecule has 4 nitrogen and oxygen atoms in total. The second-order valence-corrected chi connectivity index (χ2v) is 7.36. The Kier molecular flexibility index (Phi) is 4.55. The van der Waals surface area contributed by atoms with Gasteiger partial charge in [0, 0.05) is 18.6 Å². The molecule has 4 heteroatoms. The zero-order valence-corrected chi connectivity index (χ0v) is 13.6. The predicted molar refractivity (Wildman–Crippen MR) is 83.1 cm³/mol. The smallest absolute Gasteiger partial charge is 0.326 e.